The van der Waals surface area contributed by atoms with E-state index in [1.54, 1.807) is 6.92 Å². The molecule has 1 heterocycles. The van der Waals surface area contributed by atoms with Crippen LogP contribution in [0, 0.1) is 6.92 Å². The topological polar surface area (TPSA) is 29.9 Å². The number of nitrogens with zero attached hydrogens (tertiary/aromatic N) is 2. The van der Waals surface area contributed by atoms with Crippen molar-refractivity contribution in [3.63, 3.8) is 0 Å². The molecule has 7 heteroatoms. The standard InChI is InChI=1S/C9H13ClF3N3/c1-5-7(10)8(16(3)15-5)6(4-14-2)9(11,12)13/h6,14H,4H2,1-3H3. The van der Waals surface area contributed by atoms with Gasteiger partial charge in [-0.15, -0.1) is 0 Å². The molecule has 3 nitrogen and oxygen atoms in total. The lowest BCUT2D eigenvalue weighted by Gasteiger charge is -2.20. The molecule has 1 aromatic heterocycles. The van der Waals surface area contributed by atoms with Crippen LogP contribution < -0.4 is 5.32 Å². The van der Waals surface area contributed by atoms with Crippen molar-refractivity contribution in [2.24, 2.45) is 7.05 Å². The van der Waals surface area contributed by atoms with Crippen molar-refractivity contribution in [2.75, 3.05) is 13.6 Å². The lowest BCUT2D eigenvalue weighted by Crippen LogP contribution is -2.31. The van der Waals surface area contributed by atoms with Gasteiger partial charge in [0.05, 0.1) is 16.4 Å². The number of rotatable bonds is 3. The number of hydrogen-bond acceptors (Lipinski definition) is 2. The Bertz CT molecular complexity index is 373. The smallest absolute Gasteiger partial charge is 0.319 e. The van der Waals surface area contributed by atoms with Crippen molar-refractivity contribution < 1.29 is 13.2 Å². The van der Waals surface area contributed by atoms with Crippen LogP contribution in [0.2, 0.25) is 5.02 Å². The summed E-state index contributed by atoms with van der Waals surface area (Å²) < 4.78 is 39.7. The first kappa shape index (κ1) is 13.3. The van der Waals surface area contributed by atoms with Crippen LogP contribution in [0.1, 0.15) is 17.3 Å². The van der Waals surface area contributed by atoms with Gasteiger partial charge in [0.25, 0.3) is 0 Å². The molecule has 0 spiro atoms. The van der Waals surface area contributed by atoms with Gasteiger partial charge >= 0.3 is 6.18 Å². The lowest BCUT2D eigenvalue weighted by atomic mass is 10.0. The van der Waals surface area contributed by atoms with E-state index in [1.165, 1.54) is 18.8 Å². The van der Waals surface area contributed by atoms with E-state index < -0.39 is 12.1 Å². The predicted octanol–water partition coefficient (Wildman–Crippen LogP) is 2.25. The highest BCUT2D eigenvalue weighted by Gasteiger charge is 2.43. The zero-order chi connectivity index (χ0) is 12.5. The normalized spacial score (nSPS) is 14.2. The van der Waals surface area contributed by atoms with E-state index in [2.05, 4.69) is 10.4 Å². The molecule has 0 aromatic carbocycles. The maximum atomic E-state index is 12.8. The van der Waals surface area contributed by atoms with Crippen LogP contribution in [0.4, 0.5) is 13.2 Å². The third-order valence-electron chi connectivity index (χ3n) is 2.32. The molecule has 16 heavy (non-hydrogen) atoms. The molecule has 1 aromatic rings. The number of nitrogens with one attached hydrogen (secondary N) is 1. The number of aryl methyl sites for hydroxylation is 2. The fourth-order valence-electron chi connectivity index (χ4n) is 1.60. The number of aromatic nitrogens is 2. The molecule has 0 saturated carbocycles. The largest absolute Gasteiger partial charge is 0.398 e. The third-order valence-corrected chi connectivity index (χ3v) is 2.79. The molecule has 0 radical (unpaired) electrons. The maximum absolute atomic E-state index is 12.8. The molecule has 1 N–H and O–H groups in total. The molecule has 0 saturated heterocycles. The first-order chi connectivity index (χ1) is 7.29. The summed E-state index contributed by atoms with van der Waals surface area (Å²) in [4.78, 5) is 0. The van der Waals surface area contributed by atoms with E-state index >= 15 is 0 Å². The minimum atomic E-state index is -4.34. The Balaban J connectivity index is 3.21. The summed E-state index contributed by atoms with van der Waals surface area (Å²) in [6.07, 6.45) is -4.34. The van der Waals surface area contributed by atoms with E-state index in [9.17, 15) is 13.2 Å². The molecule has 0 amide bonds. The van der Waals surface area contributed by atoms with Crippen LogP contribution in [0.5, 0.6) is 0 Å². The van der Waals surface area contributed by atoms with Crippen molar-refractivity contribution >= 4 is 11.6 Å². The SMILES string of the molecule is CNCC(c1c(Cl)c(C)nn1C)C(F)(F)F. The summed E-state index contributed by atoms with van der Waals surface area (Å²) in [6, 6.07) is 0. The third kappa shape index (κ3) is 2.49. The number of halogens is 4. The quantitative estimate of drug-likeness (QED) is 0.898. The molecule has 0 aliphatic carbocycles. The number of hydrogen-bond donors (Lipinski definition) is 1. The second-order valence-corrected chi connectivity index (χ2v) is 3.94. The molecular weight excluding hydrogens is 243 g/mol. The summed E-state index contributed by atoms with van der Waals surface area (Å²) in [5, 5.41) is 6.48. The fourth-order valence-corrected chi connectivity index (χ4v) is 1.89. The Hall–Kier alpha value is -0.750. The Morgan fingerprint density at radius 2 is 2.06 bits per heavy atom. The first-order valence-electron chi connectivity index (χ1n) is 4.69. The van der Waals surface area contributed by atoms with Crippen molar-refractivity contribution in [1.29, 1.82) is 0 Å². The minimum Gasteiger partial charge on any atom is -0.319 e. The molecular formula is C9H13ClF3N3. The van der Waals surface area contributed by atoms with E-state index in [1.807, 2.05) is 0 Å². The van der Waals surface area contributed by atoms with Gasteiger partial charge in [0, 0.05) is 13.6 Å². The molecule has 1 atom stereocenters. The molecule has 0 aliphatic heterocycles. The van der Waals surface area contributed by atoms with Gasteiger partial charge in [0.2, 0.25) is 0 Å². The summed E-state index contributed by atoms with van der Waals surface area (Å²) in [5.74, 6) is -1.64. The summed E-state index contributed by atoms with van der Waals surface area (Å²) in [6.45, 7) is 1.36. The van der Waals surface area contributed by atoms with Crippen LogP contribution >= 0.6 is 11.6 Å². The minimum absolute atomic E-state index is 0.000941. The van der Waals surface area contributed by atoms with Gasteiger partial charge in [-0.05, 0) is 14.0 Å². The Morgan fingerprint density at radius 3 is 2.38 bits per heavy atom. The monoisotopic (exact) mass is 255 g/mol. The first-order valence-corrected chi connectivity index (χ1v) is 5.07. The Labute approximate surface area is 96.6 Å². The van der Waals surface area contributed by atoms with Crippen LogP contribution in [-0.4, -0.2) is 29.5 Å². The summed E-state index contributed by atoms with van der Waals surface area (Å²) in [7, 11) is 2.93. The van der Waals surface area contributed by atoms with Gasteiger partial charge in [-0.3, -0.25) is 4.68 Å². The Morgan fingerprint density at radius 1 is 1.50 bits per heavy atom. The highest BCUT2D eigenvalue weighted by molar-refractivity contribution is 6.31. The lowest BCUT2D eigenvalue weighted by molar-refractivity contribution is -0.150. The van der Waals surface area contributed by atoms with Gasteiger partial charge in [-0.1, -0.05) is 11.6 Å². The average molecular weight is 256 g/mol. The van der Waals surface area contributed by atoms with Crippen LogP contribution in [0.15, 0.2) is 0 Å². The Kier molecular flexibility index (Phi) is 3.85. The van der Waals surface area contributed by atoms with Crippen LogP contribution in [0.3, 0.4) is 0 Å². The van der Waals surface area contributed by atoms with E-state index in [-0.39, 0.29) is 17.3 Å². The molecule has 92 valence electrons. The number of likely N-dealkylation sites (N-methyl/N-ethyl adjacent to an activating group) is 1. The molecule has 1 unspecified atom stereocenters. The second-order valence-electron chi connectivity index (χ2n) is 3.56. The van der Waals surface area contributed by atoms with Gasteiger partial charge in [0.15, 0.2) is 0 Å². The van der Waals surface area contributed by atoms with E-state index in [4.69, 9.17) is 11.6 Å². The van der Waals surface area contributed by atoms with Crippen molar-refractivity contribution in [2.45, 2.75) is 19.0 Å². The second kappa shape index (κ2) is 4.63. The zero-order valence-electron chi connectivity index (χ0n) is 9.19. The van der Waals surface area contributed by atoms with Crippen molar-refractivity contribution in [3.8, 4) is 0 Å². The van der Waals surface area contributed by atoms with Crippen molar-refractivity contribution in [1.82, 2.24) is 15.1 Å². The maximum Gasteiger partial charge on any atom is 0.398 e. The predicted molar refractivity (Wildman–Crippen MR) is 55.7 cm³/mol. The zero-order valence-corrected chi connectivity index (χ0v) is 9.95. The molecule has 0 fully saturated rings. The fraction of sp³-hybridized carbons (Fsp3) is 0.667. The van der Waals surface area contributed by atoms with Crippen LogP contribution in [-0.2, 0) is 7.05 Å². The highest BCUT2D eigenvalue weighted by Crippen LogP contribution is 2.38. The average Bonchev–Trinajstić information content (AvgIpc) is 2.37. The molecule has 0 aliphatic rings. The van der Waals surface area contributed by atoms with E-state index in [0.717, 1.165) is 0 Å². The highest BCUT2D eigenvalue weighted by atomic mass is 35.5. The number of alkyl halides is 3. The van der Waals surface area contributed by atoms with Gasteiger partial charge in [-0.25, -0.2) is 0 Å². The molecule has 1 rings (SSSR count). The van der Waals surface area contributed by atoms with Gasteiger partial charge in [0.1, 0.15) is 5.92 Å². The van der Waals surface area contributed by atoms with Crippen molar-refractivity contribution in [3.05, 3.63) is 16.4 Å². The van der Waals surface area contributed by atoms with Gasteiger partial charge in [-0.2, -0.15) is 18.3 Å². The van der Waals surface area contributed by atoms with Gasteiger partial charge < -0.3 is 5.32 Å². The summed E-state index contributed by atoms with van der Waals surface area (Å²) >= 11 is 5.84. The van der Waals surface area contributed by atoms with Crippen LogP contribution in [0.25, 0.3) is 0 Å². The molecule has 0 bridgehead atoms. The van der Waals surface area contributed by atoms with E-state index in [0.29, 0.717) is 5.69 Å². The summed E-state index contributed by atoms with van der Waals surface area (Å²) in [5.41, 5.74) is 0.408.